The summed E-state index contributed by atoms with van der Waals surface area (Å²) in [6.07, 6.45) is 0. The van der Waals surface area contributed by atoms with E-state index in [0.29, 0.717) is 11.3 Å². The maximum atomic E-state index is 13.4. The Morgan fingerprint density at radius 1 is 1.00 bits per heavy atom. The number of hydrogen-bond acceptors (Lipinski definition) is 6. The second-order valence-electron chi connectivity index (χ2n) is 6.90. The summed E-state index contributed by atoms with van der Waals surface area (Å²) in [7, 11) is 0. The van der Waals surface area contributed by atoms with E-state index < -0.39 is 35.0 Å². The van der Waals surface area contributed by atoms with Gasteiger partial charge in [-0.15, -0.1) is 0 Å². The van der Waals surface area contributed by atoms with E-state index in [4.69, 9.17) is 9.47 Å². The Balaban J connectivity index is 2.34. The van der Waals surface area contributed by atoms with Crippen molar-refractivity contribution in [2.45, 2.75) is 33.1 Å². The number of ether oxygens (including phenoxy) is 2. The molecule has 1 atom stereocenters. The van der Waals surface area contributed by atoms with Crippen LogP contribution in [0.5, 0.6) is 0 Å². The van der Waals surface area contributed by atoms with Gasteiger partial charge in [-0.2, -0.15) is 0 Å². The van der Waals surface area contributed by atoms with E-state index in [1.54, 1.807) is 64.1 Å². The molecule has 7 nitrogen and oxygen atoms in total. The Hall–Kier alpha value is -3.22. The molecule has 152 valence electrons. The van der Waals surface area contributed by atoms with E-state index in [2.05, 4.69) is 0 Å². The van der Waals surface area contributed by atoms with Gasteiger partial charge in [-0.05, 0) is 39.3 Å². The van der Waals surface area contributed by atoms with Crippen molar-refractivity contribution in [3.63, 3.8) is 0 Å². The van der Waals surface area contributed by atoms with Gasteiger partial charge in [0.2, 0.25) is 11.3 Å². The quantitative estimate of drug-likeness (QED) is 0.423. The number of nitrogens with zero attached hydrogens (tertiary/aromatic N) is 1. The smallest absolute Gasteiger partial charge is 0.331 e. The Morgan fingerprint density at radius 2 is 1.55 bits per heavy atom. The molecule has 7 heteroatoms. The van der Waals surface area contributed by atoms with Crippen molar-refractivity contribution in [3.05, 3.63) is 58.9 Å². The SMILES string of the molecule is CCOC(=O)C1(C(=O)OCC)c2c(C)cc(C)n2C(=O)C1C(=O)c1ccccc1. The number of fused-ring (bicyclic) bond motifs is 1. The minimum atomic E-state index is -2.19. The first-order valence-electron chi connectivity index (χ1n) is 9.49. The third kappa shape index (κ3) is 2.88. The van der Waals surface area contributed by atoms with Crippen LogP contribution in [0.15, 0.2) is 36.4 Å². The van der Waals surface area contributed by atoms with Gasteiger partial charge in [-0.1, -0.05) is 30.3 Å². The number of ketones is 1. The number of aryl methyl sites for hydroxylation is 2. The highest BCUT2D eigenvalue weighted by molar-refractivity contribution is 6.24. The first kappa shape index (κ1) is 20.5. The zero-order chi connectivity index (χ0) is 21.3. The average Bonchev–Trinajstić information content (AvgIpc) is 3.15. The minimum Gasteiger partial charge on any atom is -0.465 e. The lowest BCUT2D eigenvalue weighted by molar-refractivity contribution is -0.166. The van der Waals surface area contributed by atoms with Crippen molar-refractivity contribution >= 4 is 23.6 Å². The molecule has 1 unspecified atom stereocenters. The molecule has 0 amide bonds. The van der Waals surface area contributed by atoms with Crippen LogP contribution in [-0.2, 0) is 24.5 Å². The van der Waals surface area contributed by atoms with Crippen LogP contribution in [0.2, 0.25) is 0 Å². The molecule has 0 bridgehead atoms. The third-order valence-electron chi connectivity index (χ3n) is 5.16. The molecule has 0 aliphatic carbocycles. The van der Waals surface area contributed by atoms with Gasteiger partial charge in [0.15, 0.2) is 5.78 Å². The van der Waals surface area contributed by atoms with Crippen molar-refractivity contribution in [3.8, 4) is 0 Å². The molecule has 0 saturated heterocycles. The Labute approximate surface area is 168 Å². The van der Waals surface area contributed by atoms with Crippen molar-refractivity contribution in [2.75, 3.05) is 13.2 Å². The maximum absolute atomic E-state index is 13.4. The molecule has 0 spiro atoms. The van der Waals surface area contributed by atoms with Crippen molar-refractivity contribution in [1.29, 1.82) is 0 Å². The lowest BCUT2D eigenvalue weighted by Crippen LogP contribution is -2.53. The molecule has 1 aromatic carbocycles. The van der Waals surface area contributed by atoms with Gasteiger partial charge >= 0.3 is 11.9 Å². The summed E-state index contributed by atoms with van der Waals surface area (Å²) in [4.78, 5) is 53.4. The van der Waals surface area contributed by atoms with E-state index in [9.17, 15) is 19.2 Å². The highest BCUT2D eigenvalue weighted by Gasteiger charge is 2.68. The van der Waals surface area contributed by atoms with E-state index in [0.717, 1.165) is 0 Å². The average molecular weight is 397 g/mol. The zero-order valence-electron chi connectivity index (χ0n) is 16.9. The van der Waals surface area contributed by atoms with Crippen LogP contribution in [0, 0.1) is 19.8 Å². The van der Waals surface area contributed by atoms with Crippen molar-refractivity contribution in [1.82, 2.24) is 4.57 Å². The first-order chi connectivity index (χ1) is 13.8. The topological polar surface area (TPSA) is 91.7 Å². The molecule has 0 fully saturated rings. The fraction of sp³-hybridized carbons (Fsp3) is 0.364. The summed E-state index contributed by atoms with van der Waals surface area (Å²) in [5.74, 6) is -4.78. The number of carbonyl (C=O) groups is 4. The molecule has 1 aromatic heterocycles. The van der Waals surface area contributed by atoms with E-state index >= 15 is 0 Å². The highest BCUT2D eigenvalue weighted by Crippen LogP contribution is 2.46. The number of benzene rings is 1. The molecule has 2 heterocycles. The van der Waals surface area contributed by atoms with Gasteiger partial charge in [0.1, 0.15) is 5.92 Å². The lowest BCUT2D eigenvalue weighted by Gasteiger charge is -2.29. The lowest BCUT2D eigenvalue weighted by atomic mass is 9.70. The van der Waals surface area contributed by atoms with Gasteiger partial charge in [0, 0.05) is 11.3 Å². The molecule has 1 aliphatic rings. The number of Topliss-reactive ketones (excluding diaryl/α,β-unsaturated/α-hetero) is 1. The molecule has 1 aliphatic heterocycles. The number of esters is 2. The van der Waals surface area contributed by atoms with Crippen LogP contribution >= 0.6 is 0 Å². The van der Waals surface area contributed by atoms with Crippen molar-refractivity contribution in [2.24, 2.45) is 5.92 Å². The summed E-state index contributed by atoms with van der Waals surface area (Å²) in [5.41, 5.74) is -0.741. The van der Waals surface area contributed by atoms with E-state index in [1.807, 2.05) is 0 Å². The summed E-state index contributed by atoms with van der Waals surface area (Å²) >= 11 is 0. The Bertz CT molecular complexity index is 970. The van der Waals surface area contributed by atoms with Gasteiger partial charge in [0.25, 0.3) is 0 Å². The highest BCUT2D eigenvalue weighted by atomic mass is 16.6. The van der Waals surface area contributed by atoms with Crippen LogP contribution in [-0.4, -0.2) is 41.4 Å². The number of hydrogen-bond donors (Lipinski definition) is 0. The summed E-state index contributed by atoms with van der Waals surface area (Å²) < 4.78 is 11.7. The van der Waals surface area contributed by atoms with Crippen LogP contribution in [0.1, 0.15) is 46.0 Å². The minimum absolute atomic E-state index is 0.0147. The molecule has 29 heavy (non-hydrogen) atoms. The molecule has 3 rings (SSSR count). The zero-order valence-corrected chi connectivity index (χ0v) is 16.9. The van der Waals surface area contributed by atoms with Gasteiger partial charge < -0.3 is 9.47 Å². The van der Waals surface area contributed by atoms with Gasteiger partial charge in [0.05, 0.1) is 18.9 Å². The standard InChI is InChI=1S/C22H23NO6/c1-5-28-20(26)22(21(27)29-6-2)16(17(24)15-10-8-7-9-11-15)19(25)23-14(4)12-13(3)18(22)23/h7-12,16H,5-6H2,1-4H3. The van der Waals surface area contributed by atoms with Crippen molar-refractivity contribution < 1.29 is 28.7 Å². The normalized spacial score (nSPS) is 17.0. The number of aromatic nitrogens is 1. The summed E-state index contributed by atoms with van der Waals surface area (Å²) in [6, 6.07) is 9.83. The molecule has 0 radical (unpaired) electrons. The monoisotopic (exact) mass is 397 g/mol. The third-order valence-corrected chi connectivity index (χ3v) is 5.16. The van der Waals surface area contributed by atoms with Gasteiger partial charge in [-0.25, -0.2) is 0 Å². The van der Waals surface area contributed by atoms with Crippen LogP contribution in [0.3, 0.4) is 0 Å². The summed E-state index contributed by atoms with van der Waals surface area (Å²) in [5, 5.41) is 0. The number of carbonyl (C=O) groups excluding carboxylic acids is 4. The fourth-order valence-electron chi connectivity index (χ4n) is 4.10. The predicted molar refractivity (Wildman–Crippen MR) is 104 cm³/mol. The van der Waals surface area contributed by atoms with E-state index in [-0.39, 0.29) is 24.5 Å². The molecule has 0 N–H and O–H groups in total. The molecular weight excluding hydrogens is 374 g/mol. The number of rotatable bonds is 6. The second kappa shape index (κ2) is 7.66. The second-order valence-corrected chi connectivity index (χ2v) is 6.90. The Morgan fingerprint density at radius 3 is 2.07 bits per heavy atom. The fourth-order valence-corrected chi connectivity index (χ4v) is 4.10. The molecule has 0 saturated carbocycles. The molecular formula is C22H23NO6. The van der Waals surface area contributed by atoms with Crippen LogP contribution in [0.25, 0.3) is 0 Å². The molecule has 2 aromatic rings. The predicted octanol–water partition coefficient (Wildman–Crippen LogP) is 2.62. The van der Waals surface area contributed by atoms with Gasteiger partial charge in [-0.3, -0.25) is 23.7 Å². The van der Waals surface area contributed by atoms with E-state index in [1.165, 1.54) is 4.57 Å². The Kier molecular flexibility index (Phi) is 5.42. The van der Waals surface area contributed by atoms with Crippen LogP contribution in [0.4, 0.5) is 0 Å². The van der Waals surface area contributed by atoms with Crippen LogP contribution < -0.4 is 0 Å². The first-order valence-corrected chi connectivity index (χ1v) is 9.49. The summed E-state index contributed by atoms with van der Waals surface area (Å²) in [6.45, 7) is 6.54. The maximum Gasteiger partial charge on any atom is 0.331 e. The largest absolute Gasteiger partial charge is 0.465 e.